The summed E-state index contributed by atoms with van der Waals surface area (Å²) in [7, 11) is 1.32. The number of hydrogen-bond acceptors (Lipinski definition) is 7. The molecule has 2 N–H and O–H groups in total. The van der Waals surface area contributed by atoms with Crippen LogP contribution in [0.3, 0.4) is 0 Å². The summed E-state index contributed by atoms with van der Waals surface area (Å²) < 4.78 is 12.0. The van der Waals surface area contributed by atoms with Crippen molar-refractivity contribution in [2.45, 2.75) is 25.5 Å². The van der Waals surface area contributed by atoms with Crippen molar-refractivity contribution in [1.29, 1.82) is 0 Å². The molecule has 23 heavy (non-hydrogen) atoms. The number of imidazole rings is 1. The van der Waals surface area contributed by atoms with Crippen LogP contribution in [0.25, 0.3) is 0 Å². The molecule has 3 heterocycles. The maximum atomic E-state index is 11.3. The monoisotopic (exact) mass is 318 g/mol. The number of carbonyl (C=O) groups excluding carboxylic acids is 1. The Hall–Kier alpha value is -2.61. The molecular formula is C15H18N4O4. The summed E-state index contributed by atoms with van der Waals surface area (Å²) in [4.78, 5) is 19.6. The number of aliphatic hydroxyl groups excluding tert-OH is 1. The molecule has 0 aliphatic carbocycles. The maximum Gasteiger partial charge on any atom is 0.373 e. The van der Waals surface area contributed by atoms with E-state index in [-0.39, 0.29) is 5.76 Å². The predicted molar refractivity (Wildman–Crippen MR) is 82.5 cm³/mol. The molecule has 0 amide bonds. The Labute approximate surface area is 132 Å². The second kappa shape index (κ2) is 6.66. The highest BCUT2D eigenvalue weighted by Crippen LogP contribution is 2.24. The third-order valence-electron chi connectivity index (χ3n) is 3.62. The third-order valence-corrected chi connectivity index (χ3v) is 3.62. The molecule has 1 atom stereocenters. The van der Waals surface area contributed by atoms with E-state index in [9.17, 15) is 9.90 Å². The zero-order chi connectivity index (χ0) is 16.2. The van der Waals surface area contributed by atoms with Gasteiger partial charge in [-0.15, -0.1) is 0 Å². The number of nitrogens with one attached hydrogen (secondary N) is 1. The maximum absolute atomic E-state index is 11.3. The first kappa shape index (κ1) is 15.3. The van der Waals surface area contributed by atoms with E-state index in [0.717, 1.165) is 18.0 Å². The number of hydrogen-bond donors (Lipinski definition) is 2. The number of aliphatic hydroxyl groups is 1. The van der Waals surface area contributed by atoms with Crippen LogP contribution < -0.4 is 5.32 Å². The van der Waals surface area contributed by atoms with Gasteiger partial charge in [-0.05, 0) is 18.6 Å². The summed E-state index contributed by atoms with van der Waals surface area (Å²) in [6, 6.07) is 3.38. The number of rotatable bonds is 5. The van der Waals surface area contributed by atoms with Crippen LogP contribution in [-0.2, 0) is 17.7 Å². The van der Waals surface area contributed by atoms with Crippen molar-refractivity contribution in [3.63, 3.8) is 0 Å². The van der Waals surface area contributed by atoms with Gasteiger partial charge in [-0.1, -0.05) is 0 Å². The minimum atomic E-state index is -0.690. The van der Waals surface area contributed by atoms with Crippen molar-refractivity contribution in [3.05, 3.63) is 35.7 Å². The number of aliphatic imine (C=N–C) groups is 1. The summed E-state index contributed by atoms with van der Waals surface area (Å²) in [6.45, 7) is 1.00. The lowest BCUT2D eigenvalue weighted by Crippen LogP contribution is -2.07. The fraction of sp³-hybridized carbons (Fsp3) is 0.400. The average Bonchev–Trinajstić information content (AvgIpc) is 3.14. The topological polar surface area (TPSA) is 102 Å². The molecule has 0 spiro atoms. The van der Waals surface area contributed by atoms with E-state index in [1.54, 1.807) is 24.8 Å². The van der Waals surface area contributed by atoms with E-state index < -0.39 is 12.1 Å². The number of carbonyl (C=O) groups is 1. The molecule has 122 valence electrons. The molecule has 8 heteroatoms. The van der Waals surface area contributed by atoms with Gasteiger partial charge < -0.3 is 24.1 Å². The van der Waals surface area contributed by atoms with Crippen LogP contribution in [0.4, 0.5) is 5.82 Å². The van der Waals surface area contributed by atoms with Crippen LogP contribution in [-0.4, -0.2) is 40.6 Å². The number of aryl methyl sites for hydroxylation is 2. The molecule has 0 saturated carbocycles. The van der Waals surface area contributed by atoms with Crippen LogP contribution in [0.15, 0.2) is 27.9 Å². The van der Waals surface area contributed by atoms with Gasteiger partial charge >= 0.3 is 5.97 Å². The van der Waals surface area contributed by atoms with Gasteiger partial charge in [0, 0.05) is 13.0 Å². The van der Waals surface area contributed by atoms with Crippen molar-refractivity contribution >= 4 is 18.1 Å². The van der Waals surface area contributed by atoms with Crippen LogP contribution >= 0.6 is 0 Å². The molecule has 8 nitrogen and oxygen atoms in total. The van der Waals surface area contributed by atoms with E-state index in [1.807, 2.05) is 4.57 Å². The Balaban J connectivity index is 1.60. The minimum Gasteiger partial charge on any atom is -0.463 e. The van der Waals surface area contributed by atoms with E-state index in [2.05, 4.69) is 20.0 Å². The molecule has 2 aromatic heterocycles. The second-order valence-corrected chi connectivity index (χ2v) is 5.19. The van der Waals surface area contributed by atoms with Crippen molar-refractivity contribution in [2.75, 3.05) is 19.0 Å². The van der Waals surface area contributed by atoms with Gasteiger partial charge in [-0.3, -0.25) is 4.99 Å². The smallest absolute Gasteiger partial charge is 0.373 e. The molecular weight excluding hydrogens is 300 g/mol. The summed E-state index contributed by atoms with van der Waals surface area (Å²) >= 11 is 0. The lowest BCUT2D eigenvalue weighted by atomic mass is 10.2. The second-order valence-electron chi connectivity index (χ2n) is 5.19. The predicted octanol–water partition coefficient (Wildman–Crippen LogP) is 1.38. The number of ether oxygens (including phenoxy) is 1. The lowest BCUT2D eigenvalue weighted by Gasteiger charge is -2.09. The fourth-order valence-electron chi connectivity index (χ4n) is 2.46. The molecule has 1 aliphatic rings. The fourth-order valence-corrected chi connectivity index (χ4v) is 2.46. The number of aromatic nitrogens is 2. The minimum absolute atomic E-state index is 0.208. The molecule has 0 aromatic carbocycles. The molecule has 0 saturated heterocycles. The van der Waals surface area contributed by atoms with Crippen LogP contribution in [0.5, 0.6) is 0 Å². The van der Waals surface area contributed by atoms with E-state index in [4.69, 9.17) is 4.42 Å². The van der Waals surface area contributed by atoms with Crippen molar-refractivity contribution < 1.29 is 19.1 Å². The van der Waals surface area contributed by atoms with Crippen molar-refractivity contribution in [2.24, 2.45) is 4.99 Å². The van der Waals surface area contributed by atoms with Gasteiger partial charge in [0.15, 0.2) is 0 Å². The molecule has 2 aromatic rings. The van der Waals surface area contributed by atoms with E-state index in [0.29, 0.717) is 25.2 Å². The summed E-state index contributed by atoms with van der Waals surface area (Å²) in [5, 5.41) is 13.0. The van der Waals surface area contributed by atoms with Gasteiger partial charge in [-0.2, -0.15) is 0 Å². The molecule has 0 fully saturated rings. The SMILES string of the molecule is COC(=O)c1ccc(CCCn2cnc3c2NC=NCC3O)o1. The summed E-state index contributed by atoms with van der Waals surface area (Å²) in [5.41, 5.74) is 0.605. The summed E-state index contributed by atoms with van der Waals surface area (Å²) in [5.74, 6) is 1.22. The Kier molecular flexibility index (Phi) is 4.42. The van der Waals surface area contributed by atoms with E-state index >= 15 is 0 Å². The van der Waals surface area contributed by atoms with Crippen LogP contribution in [0, 0.1) is 0 Å². The number of fused-ring (bicyclic) bond motifs is 1. The van der Waals surface area contributed by atoms with E-state index in [1.165, 1.54) is 7.11 Å². The normalized spacial score (nSPS) is 16.5. The highest BCUT2D eigenvalue weighted by atomic mass is 16.5. The van der Waals surface area contributed by atoms with Gasteiger partial charge in [-0.25, -0.2) is 9.78 Å². The zero-order valence-electron chi connectivity index (χ0n) is 12.7. The first-order chi connectivity index (χ1) is 11.2. The molecule has 0 bridgehead atoms. The lowest BCUT2D eigenvalue weighted by molar-refractivity contribution is 0.0563. The first-order valence-electron chi connectivity index (χ1n) is 7.34. The molecule has 1 aliphatic heterocycles. The van der Waals surface area contributed by atoms with Gasteiger partial charge in [0.25, 0.3) is 0 Å². The first-order valence-corrected chi connectivity index (χ1v) is 7.34. The highest BCUT2D eigenvalue weighted by Gasteiger charge is 2.19. The average molecular weight is 318 g/mol. The van der Waals surface area contributed by atoms with Gasteiger partial charge in [0.1, 0.15) is 23.4 Å². The number of anilines is 1. The van der Waals surface area contributed by atoms with Crippen molar-refractivity contribution in [1.82, 2.24) is 9.55 Å². The Morgan fingerprint density at radius 2 is 2.43 bits per heavy atom. The molecule has 1 unspecified atom stereocenters. The quantitative estimate of drug-likeness (QED) is 0.808. The Morgan fingerprint density at radius 1 is 1.57 bits per heavy atom. The molecule has 0 radical (unpaired) electrons. The largest absolute Gasteiger partial charge is 0.463 e. The third kappa shape index (κ3) is 3.26. The van der Waals surface area contributed by atoms with Crippen LogP contribution in [0.1, 0.15) is 34.5 Å². The Morgan fingerprint density at radius 3 is 3.26 bits per heavy atom. The summed E-state index contributed by atoms with van der Waals surface area (Å²) in [6.07, 6.45) is 4.06. The van der Waals surface area contributed by atoms with Gasteiger partial charge in [0.2, 0.25) is 5.76 Å². The zero-order valence-corrected chi connectivity index (χ0v) is 12.7. The number of esters is 1. The van der Waals surface area contributed by atoms with Crippen molar-refractivity contribution in [3.8, 4) is 0 Å². The van der Waals surface area contributed by atoms with Gasteiger partial charge in [0.05, 0.1) is 26.3 Å². The Bertz CT molecular complexity index is 719. The standard InChI is InChI=1S/C15H18N4O4/c1-22-15(21)12-5-4-10(23-12)3-2-6-19-9-18-13-11(20)7-16-8-17-14(13)19/h4-5,8-9,11,20H,2-3,6-7H2,1H3,(H,16,17). The number of methoxy groups -OCH3 is 1. The number of furan rings is 1. The molecule has 3 rings (SSSR count). The van der Waals surface area contributed by atoms with Crippen LogP contribution in [0.2, 0.25) is 0 Å². The number of nitrogens with zero attached hydrogens (tertiary/aromatic N) is 3. The highest BCUT2D eigenvalue weighted by molar-refractivity contribution is 5.86.